The van der Waals surface area contributed by atoms with E-state index in [9.17, 15) is 9.90 Å². The van der Waals surface area contributed by atoms with Gasteiger partial charge in [0, 0.05) is 12.5 Å². The van der Waals surface area contributed by atoms with E-state index in [4.69, 9.17) is 9.47 Å². The van der Waals surface area contributed by atoms with Crippen molar-refractivity contribution < 1.29 is 19.4 Å². The van der Waals surface area contributed by atoms with Crippen molar-refractivity contribution in [2.75, 3.05) is 6.54 Å². The summed E-state index contributed by atoms with van der Waals surface area (Å²) in [6.45, 7) is 13.2. The van der Waals surface area contributed by atoms with Crippen LogP contribution in [-0.4, -0.2) is 46.5 Å². The van der Waals surface area contributed by atoms with Gasteiger partial charge in [0.1, 0.15) is 6.61 Å². The van der Waals surface area contributed by atoms with Crippen LogP contribution in [0.4, 0.5) is 4.79 Å². The molecule has 0 bridgehead atoms. The standard InChI is InChI=1S/C37H53NO4/c1-23-17-32-33(38(21-23)34(40)41-22-26-9-7-6-8-10-26)25(3)37(42-32)16-13-28-29-12-14-35(4)20-27(39)11-15-36(35,5)31(29)18-30(28)24(2)19-37/h6-10,23,25,27-29,31-33,39H,11-22H2,1-5H3/t23-,25+,27+,28-,29-,31-,32+,33-,35+,36+,37-/m0/s1. The van der Waals surface area contributed by atoms with E-state index in [0.717, 1.165) is 56.0 Å². The van der Waals surface area contributed by atoms with Crippen LogP contribution >= 0.6 is 0 Å². The van der Waals surface area contributed by atoms with Crippen LogP contribution in [0.1, 0.15) is 104 Å². The molecule has 1 spiro atoms. The minimum Gasteiger partial charge on any atom is -0.445 e. The molecule has 2 heterocycles. The summed E-state index contributed by atoms with van der Waals surface area (Å²) >= 11 is 0. The smallest absolute Gasteiger partial charge is 0.410 e. The van der Waals surface area contributed by atoms with Crippen molar-refractivity contribution in [1.29, 1.82) is 0 Å². The fraction of sp³-hybridized carbons (Fsp3) is 0.757. The summed E-state index contributed by atoms with van der Waals surface area (Å²) in [5, 5.41) is 10.6. The molecule has 42 heavy (non-hydrogen) atoms. The van der Waals surface area contributed by atoms with Crippen molar-refractivity contribution in [3.8, 4) is 0 Å². The van der Waals surface area contributed by atoms with Gasteiger partial charge < -0.3 is 19.5 Å². The highest BCUT2D eigenvalue weighted by Crippen LogP contribution is 2.69. The Morgan fingerprint density at radius 3 is 2.67 bits per heavy atom. The molecule has 0 unspecified atom stereocenters. The molecule has 230 valence electrons. The predicted octanol–water partition coefficient (Wildman–Crippen LogP) is 7.91. The number of carbonyl (C=O) groups is 1. The maximum atomic E-state index is 13.5. The molecule has 11 atom stereocenters. The minimum absolute atomic E-state index is 0.0796. The average molecular weight is 576 g/mol. The van der Waals surface area contributed by atoms with E-state index in [1.54, 1.807) is 11.1 Å². The van der Waals surface area contributed by atoms with Gasteiger partial charge in [-0.2, -0.15) is 0 Å². The Morgan fingerprint density at radius 2 is 1.88 bits per heavy atom. The third kappa shape index (κ3) is 4.42. The first-order valence-corrected chi connectivity index (χ1v) is 17.1. The van der Waals surface area contributed by atoms with Gasteiger partial charge in [-0.15, -0.1) is 0 Å². The number of piperidine rings is 1. The molecule has 0 radical (unpaired) electrons. The Balaban J connectivity index is 1.12. The quantitative estimate of drug-likeness (QED) is 0.364. The van der Waals surface area contributed by atoms with Crippen molar-refractivity contribution in [3.63, 3.8) is 0 Å². The molecule has 1 aromatic rings. The van der Waals surface area contributed by atoms with Gasteiger partial charge in [-0.3, -0.25) is 0 Å². The summed E-state index contributed by atoms with van der Waals surface area (Å²) in [7, 11) is 0. The number of benzene rings is 1. The molecule has 3 saturated carbocycles. The van der Waals surface area contributed by atoms with E-state index in [2.05, 4.69) is 34.6 Å². The van der Waals surface area contributed by atoms with E-state index in [-0.39, 0.29) is 41.3 Å². The lowest BCUT2D eigenvalue weighted by Gasteiger charge is -2.60. The number of rotatable bonds is 2. The van der Waals surface area contributed by atoms with Gasteiger partial charge in [0.15, 0.2) is 0 Å². The maximum absolute atomic E-state index is 13.5. The topological polar surface area (TPSA) is 59.0 Å². The number of nitrogens with zero attached hydrogens (tertiary/aromatic N) is 1. The average Bonchev–Trinajstić information content (AvgIpc) is 3.42. The van der Waals surface area contributed by atoms with Crippen molar-refractivity contribution in [2.24, 2.45) is 40.4 Å². The molecule has 6 aliphatic rings. The van der Waals surface area contributed by atoms with Crippen molar-refractivity contribution in [2.45, 2.75) is 129 Å². The number of likely N-dealkylation sites (tertiary alicyclic amines) is 1. The van der Waals surface area contributed by atoms with Crippen molar-refractivity contribution in [3.05, 3.63) is 47.0 Å². The molecule has 5 fully saturated rings. The molecule has 4 aliphatic carbocycles. The zero-order valence-corrected chi connectivity index (χ0v) is 26.6. The van der Waals surface area contributed by atoms with Gasteiger partial charge in [-0.25, -0.2) is 4.79 Å². The minimum atomic E-state index is -0.198. The summed E-state index contributed by atoms with van der Waals surface area (Å²) in [6, 6.07) is 10.1. The Morgan fingerprint density at radius 1 is 1.10 bits per heavy atom. The summed E-state index contributed by atoms with van der Waals surface area (Å²) in [5.41, 5.74) is 4.74. The first-order valence-electron chi connectivity index (χ1n) is 17.1. The van der Waals surface area contributed by atoms with Crippen LogP contribution in [0.25, 0.3) is 0 Å². The van der Waals surface area contributed by atoms with E-state index < -0.39 is 0 Å². The molecule has 7 rings (SSSR count). The number of aliphatic hydroxyl groups is 1. The van der Waals surface area contributed by atoms with E-state index >= 15 is 0 Å². The lowest BCUT2D eigenvalue weighted by atomic mass is 9.45. The van der Waals surface area contributed by atoms with E-state index in [0.29, 0.717) is 23.9 Å². The lowest BCUT2D eigenvalue weighted by Crippen LogP contribution is -2.54. The van der Waals surface area contributed by atoms with Gasteiger partial charge in [-0.1, -0.05) is 69.2 Å². The number of amides is 1. The van der Waals surface area contributed by atoms with Crippen LogP contribution < -0.4 is 0 Å². The van der Waals surface area contributed by atoms with Gasteiger partial charge in [-0.05, 0) is 111 Å². The molecule has 2 saturated heterocycles. The molecule has 1 amide bonds. The largest absolute Gasteiger partial charge is 0.445 e. The molecule has 1 aromatic carbocycles. The number of hydrogen-bond donors (Lipinski definition) is 1. The Kier molecular flexibility index (Phi) is 7.13. The zero-order chi connectivity index (χ0) is 29.4. The number of fused-ring (bicyclic) bond motifs is 6. The van der Waals surface area contributed by atoms with Crippen molar-refractivity contribution >= 4 is 6.09 Å². The van der Waals surface area contributed by atoms with Crippen molar-refractivity contribution in [1.82, 2.24) is 4.90 Å². The van der Waals surface area contributed by atoms with Crippen LogP contribution in [0.5, 0.6) is 0 Å². The number of hydrogen-bond acceptors (Lipinski definition) is 4. The third-order valence-electron chi connectivity index (χ3n) is 13.9. The molecule has 2 aliphatic heterocycles. The highest BCUT2D eigenvalue weighted by molar-refractivity contribution is 5.68. The summed E-state index contributed by atoms with van der Waals surface area (Å²) in [6.07, 6.45) is 11.0. The monoisotopic (exact) mass is 575 g/mol. The number of carbonyl (C=O) groups excluding carboxylic acids is 1. The van der Waals surface area contributed by atoms with Gasteiger partial charge >= 0.3 is 6.09 Å². The van der Waals surface area contributed by atoms with Crippen LogP contribution in [0, 0.1) is 40.4 Å². The highest BCUT2D eigenvalue weighted by Gasteiger charge is 2.63. The molecular formula is C37H53NO4. The van der Waals surface area contributed by atoms with Crippen LogP contribution in [0.15, 0.2) is 41.5 Å². The first kappa shape index (κ1) is 28.9. The van der Waals surface area contributed by atoms with Gasteiger partial charge in [0.2, 0.25) is 0 Å². The van der Waals surface area contributed by atoms with Gasteiger partial charge in [0.25, 0.3) is 0 Å². The molecule has 5 nitrogen and oxygen atoms in total. The zero-order valence-electron chi connectivity index (χ0n) is 26.6. The summed E-state index contributed by atoms with van der Waals surface area (Å²) < 4.78 is 13.1. The maximum Gasteiger partial charge on any atom is 0.410 e. The van der Waals surface area contributed by atoms with E-state index in [1.165, 1.54) is 32.1 Å². The molecular weight excluding hydrogens is 522 g/mol. The SMILES string of the molecule is CC1=C2C[C@H]3[C@@H](CC[C@]4(C)C[C@H](O)CC[C@]34C)[C@@H]2CC[C@@]2(C1)O[C@@H]1C[C@H](C)CN(C(=O)OCc3ccccc3)[C@H]1[C@H]2C. The van der Waals surface area contributed by atoms with Crippen LogP contribution in [0.3, 0.4) is 0 Å². The second-order valence-corrected chi connectivity index (χ2v) is 16.0. The van der Waals surface area contributed by atoms with Gasteiger partial charge in [0.05, 0.1) is 23.9 Å². The summed E-state index contributed by atoms with van der Waals surface area (Å²) in [4.78, 5) is 15.6. The van der Waals surface area contributed by atoms with Crippen LogP contribution in [0.2, 0.25) is 0 Å². The fourth-order valence-corrected chi connectivity index (χ4v) is 11.4. The first-order chi connectivity index (χ1) is 20.0. The second kappa shape index (κ2) is 10.4. The predicted molar refractivity (Wildman–Crippen MR) is 165 cm³/mol. The second-order valence-electron chi connectivity index (χ2n) is 16.0. The Hall–Kier alpha value is -1.85. The molecule has 5 heteroatoms. The Labute approximate surface area is 253 Å². The summed E-state index contributed by atoms with van der Waals surface area (Å²) in [5.74, 6) is 2.85. The van der Waals surface area contributed by atoms with E-state index in [1.807, 2.05) is 35.2 Å². The molecule has 0 aromatic heterocycles. The lowest BCUT2D eigenvalue weighted by molar-refractivity contribution is -0.129. The fourth-order valence-electron chi connectivity index (χ4n) is 11.4. The normalized spacial score (nSPS) is 46.5. The molecule has 1 N–H and O–H groups in total. The number of allylic oxidation sites excluding steroid dienone is 1. The third-order valence-corrected chi connectivity index (χ3v) is 13.9. The number of ether oxygens (including phenoxy) is 2. The highest BCUT2D eigenvalue weighted by atomic mass is 16.6. The Bertz CT molecular complexity index is 1230. The van der Waals surface area contributed by atoms with Crippen LogP contribution in [-0.2, 0) is 16.1 Å². The number of aliphatic hydroxyl groups excluding tert-OH is 1.